The predicted molar refractivity (Wildman–Crippen MR) is 73.0 cm³/mol. The van der Waals surface area contributed by atoms with Gasteiger partial charge in [0.25, 0.3) is 0 Å². The Morgan fingerprint density at radius 2 is 2.05 bits per heavy atom. The molecule has 0 radical (unpaired) electrons. The highest BCUT2D eigenvalue weighted by molar-refractivity contribution is 7.89. The number of anilines is 1. The van der Waals surface area contributed by atoms with Gasteiger partial charge in [-0.2, -0.15) is 0 Å². The largest absolute Gasteiger partial charge is 0.478 e. The molecule has 0 fully saturated rings. The van der Waals surface area contributed by atoms with Crippen LogP contribution in [0.3, 0.4) is 0 Å². The molecule has 0 aromatic heterocycles. The van der Waals surface area contributed by atoms with Crippen molar-refractivity contribution < 1.29 is 18.3 Å². The second kappa shape index (κ2) is 6.03. The zero-order valence-corrected chi connectivity index (χ0v) is 11.9. The van der Waals surface area contributed by atoms with Crippen molar-refractivity contribution in [3.05, 3.63) is 23.8 Å². The summed E-state index contributed by atoms with van der Waals surface area (Å²) in [6.45, 7) is 3.89. The summed E-state index contributed by atoms with van der Waals surface area (Å²) in [6.07, 6.45) is 0.819. The van der Waals surface area contributed by atoms with Crippen LogP contribution in [-0.4, -0.2) is 32.6 Å². The third-order valence-electron chi connectivity index (χ3n) is 2.80. The van der Waals surface area contributed by atoms with E-state index < -0.39 is 16.0 Å². The summed E-state index contributed by atoms with van der Waals surface area (Å²) >= 11 is 0. The quantitative estimate of drug-likeness (QED) is 0.736. The van der Waals surface area contributed by atoms with E-state index in [1.54, 1.807) is 0 Å². The van der Waals surface area contributed by atoms with Gasteiger partial charge in [0, 0.05) is 6.04 Å². The summed E-state index contributed by atoms with van der Waals surface area (Å²) in [5.74, 6) is -1.16. The molecule has 0 amide bonds. The van der Waals surface area contributed by atoms with Crippen molar-refractivity contribution >= 4 is 21.7 Å². The van der Waals surface area contributed by atoms with Crippen molar-refractivity contribution in [3.8, 4) is 0 Å². The van der Waals surface area contributed by atoms with Gasteiger partial charge >= 0.3 is 5.97 Å². The maximum absolute atomic E-state index is 11.9. The van der Waals surface area contributed by atoms with Crippen LogP contribution in [0.25, 0.3) is 0 Å². The maximum atomic E-state index is 11.9. The number of carboxylic acid groups (broad SMARTS) is 1. The molecule has 0 heterocycles. The molecule has 0 aliphatic carbocycles. The smallest absolute Gasteiger partial charge is 0.335 e. The first kappa shape index (κ1) is 15.5. The molecule has 0 saturated carbocycles. The average Bonchev–Trinajstić information content (AvgIpc) is 2.38. The SMILES string of the molecule is CC[C@H](C)Nc1ccc(C(=O)O)cc1S(=O)(=O)NC. The van der Waals surface area contributed by atoms with Crippen LogP contribution in [-0.2, 0) is 10.0 Å². The van der Waals surface area contributed by atoms with Crippen molar-refractivity contribution in [2.45, 2.75) is 31.2 Å². The summed E-state index contributed by atoms with van der Waals surface area (Å²) < 4.78 is 26.0. The topological polar surface area (TPSA) is 95.5 Å². The molecule has 106 valence electrons. The fraction of sp³-hybridized carbons (Fsp3) is 0.417. The van der Waals surface area contributed by atoms with E-state index in [-0.39, 0.29) is 16.5 Å². The standard InChI is InChI=1S/C12H18N2O4S/c1-4-8(2)14-10-6-5-9(12(15)16)7-11(10)19(17,18)13-3/h5-8,13-14H,4H2,1-3H3,(H,15,16)/t8-/m0/s1. The Hall–Kier alpha value is -1.60. The highest BCUT2D eigenvalue weighted by Crippen LogP contribution is 2.23. The Labute approximate surface area is 112 Å². The Morgan fingerprint density at radius 3 is 2.53 bits per heavy atom. The number of sulfonamides is 1. The molecule has 3 N–H and O–H groups in total. The van der Waals surface area contributed by atoms with Gasteiger partial charge in [-0.3, -0.25) is 0 Å². The summed E-state index contributed by atoms with van der Waals surface area (Å²) in [4.78, 5) is 10.9. The van der Waals surface area contributed by atoms with Gasteiger partial charge < -0.3 is 10.4 Å². The Bertz CT molecular complexity index is 569. The zero-order valence-electron chi connectivity index (χ0n) is 11.1. The molecule has 0 aliphatic heterocycles. The second-order valence-electron chi connectivity index (χ2n) is 4.18. The van der Waals surface area contributed by atoms with Crippen LogP contribution in [0.2, 0.25) is 0 Å². The number of nitrogens with one attached hydrogen (secondary N) is 2. The first-order chi connectivity index (χ1) is 8.81. The van der Waals surface area contributed by atoms with Crippen LogP contribution in [0.1, 0.15) is 30.6 Å². The molecule has 0 unspecified atom stereocenters. The van der Waals surface area contributed by atoms with E-state index in [0.29, 0.717) is 5.69 Å². The molecule has 1 atom stereocenters. The minimum absolute atomic E-state index is 0.0600. The predicted octanol–water partition coefficient (Wildman–Crippen LogP) is 1.50. The molecule has 1 aromatic rings. The van der Waals surface area contributed by atoms with Crippen molar-refractivity contribution in [2.75, 3.05) is 12.4 Å². The van der Waals surface area contributed by atoms with E-state index in [2.05, 4.69) is 10.0 Å². The number of carboxylic acids is 1. The van der Waals surface area contributed by atoms with E-state index in [4.69, 9.17) is 5.11 Å². The van der Waals surface area contributed by atoms with Crippen molar-refractivity contribution in [1.29, 1.82) is 0 Å². The Balaban J connectivity index is 3.35. The molecule has 6 nitrogen and oxygen atoms in total. The summed E-state index contributed by atoms with van der Waals surface area (Å²) in [7, 11) is -2.43. The fourth-order valence-corrected chi connectivity index (χ4v) is 2.39. The minimum atomic E-state index is -3.71. The Morgan fingerprint density at radius 1 is 1.42 bits per heavy atom. The first-order valence-corrected chi connectivity index (χ1v) is 7.37. The van der Waals surface area contributed by atoms with E-state index in [1.165, 1.54) is 19.2 Å². The van der Waals surface area contributed by atoms with Gasteiger partial charge in [0.1, 0.15) is 4.90 Å². The fourth-order valence-electron chi connectivity index (χ4n) is 1.47. The normalized spacial score (nSPS) is 13.0. The van der Waals surface area contributed by atoms with E-state index >= 15 is 0 Å². The van der Waals surface area contributed by atoms with Gasteiger partial charge in [-0.05, 0) is 38.6 Å². The van der Waals surface area contributed by atoms with Gasteiger partial charge in [0.2, 0.25) is 10.0 Å². The van der Waals surface area contributed by atoms with Crippen LogP contribution in [0.5, 0.6) is 0 Å². The highest BCUT2D eigenvalue weighted by Gasteiger charge is 2.19. The lowest BCUT2D eigenvalue weighted by atomic mass is 10.2. The van der Waals surface area contributed by atoms with Gasteiger partial charge in [-0.15, -0.1) is 0 Å². The lowest BCUT2D eigenvalue weighted by Crippen LogP contribution is -2.23. The molecule has 0 bridgehead atoms. The van der Waals surface area contributed by atoms with Gasteiger partial charge in [-0.1, -0.05) is 6.92 Å². The summed E-state index contributed by atoms with van der Waals surface area (Å²) in [6, 6.07) is 4.09. The molecular weight excluding hydrogens is 268 g/mol. The number of aromatic carboxylic acids is 1. The molecule has 0 saturated heterocycles. The van der Waals surface area contributed by atoms with Crippen LogP contribution in [0.15, 0.2) is 23.1 Å². The van der Waals surface area contributed by atoms with Crippen LogP contribution in [0, 0.1) is 0 Å². The second-order valence-corrected chi connectivity index (χ2v) is 6.03. The number of rotatable bonds is 6. The van der Waals surface area contributed by atoms with E-state index in [0.717, 1.165) is 12.5 Å². The highest BCUT2D eigenvalue weighted by atomic mass is 32.2. The monoisotopic (exact) mass is 286 g/mol. The average molecular weight is 286 g/mol. The van der Waals surface area contributed by atoms with Crippen LogP contribution < -0.4 is 10.0 Å². The number of carbonyl (C=O) groups is 1. The van der Waals surface area contributed by atoms with Gasteiger partial charge in [-0.25, -0.2) is 17.9 Å². The number of benzene rings is 1. The van der Waals surface area contributed by atoms with Gasteiger partial charge in [0.15, 0.2) is 0 Å². The molecule has 7 heteroatoms. The van der Waals surface area contributed by atoms with E-state index in [9.17, 15) is 13.2 Å². The van der Waals surface area contributed by atoms with Crippen LogP contribution in [0.4, 0.5) is 5.69 Å². The van der Waals surface area contributed by atoms with Crippen molar-refractivity contribution in [2.24, 2.45) is 0 Å². The maximum Gasteiger partial charge on any atom is 0.335 e. The zero-order chi connectivity index (χ0) is 14.6. The van der Waals surface area contributed by atoms with Crippen LogP contribution >= 0.6 is 0 Å². The van der Waals surface area contributed by atoms with Crippen molar-refractivity contribution in [1.82, 2.24) is 4.72 Å². The molecule has 19 heavy (non-hydrogen) atoms. The summed E-state index contributed by atoms with van der Waals surface area (Å²) in [5, 5.41) is 12.0. The van der Waals surface area contributed by atoms with Crippen molar-refractivity contribution in [3.63, 3.8) is 0 Å². The third kappa shape index (κ3) is 3.68. The lowest BCUT2D eigenvalue weighted by molar-refractivity contribution is 0.0696. The third-order valence-corrected chi connectivity index (χ3v) is 4.26. The number of hydrogen-bond donors (Lipinski definition) is 3. The Kier molecular flexibility index (Phi) is 4.90. The summed E-state index contributed by atoms with van der Waals surface area (Å²) in [5.41, 5.74) is 0.331. The molecule has 0 spiro atoms. The van der Waals surface area contributed by atoms with E-state index in [1.807, 2.05) is 13.8 Å². The number of hydrogen-bond acceptors (Lipinski definition) is 4. The molecule has 0 aliphatic rings. The molecular formula is C12H18N2O4S. The molecule has 1 rings (SSSR count). The van der Waals surface area contributed by atoms with Gasteiger partial charge in [0.05, 0.1) is 11.3 Å². The minimum Gasteiger partial charge on any atom is -0.478 e. The molecule has 1 aromatic carbocycles. The first-order valence-electron chi connectivity index (χ1n) is 5.89. The lowest BCUT2D eigenvalue weighted by Gasteiger charge is -2.17.